The van der Waals surface area contributed by atoms with Gasteiger partial charge in [-0.1, -0.05) is 24.3 Å². The second-order valence-electron chi connectivity index (χ2n) is 4.99. The monoisotopic (exact) mass is 281 g/mol. The van der Waals surface area contributed by atoms with E-state index in [0.717, 1.165) is 22.5 Å². The van der Waals surface area contributed by atoms with E-state index in [1.54, 1.807) is 19.2 Å². The maximum absolute atomic E-state index is 13.2. The molecule has 2 N–H and O–H groups in total. The summed E-state index contributed by atoms with van der Waals surface area (Å²) in [6.07, 6.45) is 1.73. The van der Waals surface area contributed by atoms with Crippen molar-refractivity contribution in [3.8, 4) is 11.3 Å². The Morgan fingerprint density at radius 2 is 2.05 bits per heavy atom. The predicted molar refractivity (Wildman–Crippen MR) is 82.5 cm³/mol. The molecule has 1 heterocycles. The number of aryl methyl sites for hydroxylation is 1. The number of hydrogen-bond acceptors (Lipinski definition) is 2. The van der Waals surface area contributed by atoms with Crippen LogP contribution in [0.15, 0.2) is 54.7 Å². The third-order valence-electron chi connectivity index (χ3n) is 3.39. The molecule has 106 valence electrons. The normalized spacial score (nSPS) is 10.6. The van der Waals surface area contributed by atoms with Crippen LogP contribution in [0, 0.1) is 12.7 Å². The van der Waals surface area contributed by atoms with Gasteiger partial charge in [0.25, 0.3) is 0 Å². The molecule has 21 heavy (non-hydrogen) atoms. The summed E-state index contributed by atoms with van der Waals surface area (Å²) >= 11 is 0. The van der Waals surface area contributed by atoms with Crippen molar-refractivity contribution in [2.24, 2.45) is 0 Å². The van der Waals surface area contributed by atoms with E-state index in [4.69, 9.17) is 0 Å². The van der Waals surface area contributed by atoms with E-state index in [2.05, 4.69) is 21.6 Å². The van der Waals surface area contributed by atoms with Crippen LogP contribution in [0.2, 0.25) is 0 Å². The van der Waals surface area contributed by atoms with Crippen molar-refractivity contribution < 1.29 is 4.39 Å². The minimum atomic E-state index is -0.167. The number of aromatic nitrogens is 2. The Kier molecular flexibility index (Phi) is 3.69. The first-order chi connectivity index (χ1) is 10.2. The van der Waals surface area contributed by atoms with Gasteiger partial charge in [-0.15, -0.1) is 0 Å². The number of rotatable bonds is 4. The number of anilines is 1. The Hall–Kier alpha value is -2.62. The van der Waals surface area contributed by atoms with Crippen LogP contribution in [0.5, 0.6) is 0 Å². The lowest BCUT2D eigenvalue weighted by molar-refractivity contribution is 0.617. The summed E-state index contributed by atoms with van der Waals surface area (Å²) in [6, 6.07) is 15.2. The minimum absolute atomic E-state index is 0.167. The quantitative estimate of drug-likeness (QED) is 0.754. The predicted octanol–water partition coefficient (Wildman–Crippen LogP) is 4.14. The molecule has 3 nitrogen and oxygen atoms in total. The highest BCUT2D eigenvalue weighted by molar-refractivity contribution is 5.64. The van der Waals surface area contributed by atoms with Crippen molar-refractivity contribution in [3.05, 3.63) is 71.7 Å². The highest BCUT2D eigenvalue weighted by atomic mass is 19.1. The number of aromatic amines is 1. The Balaban J connectivity index is 1.73. The fraction of sp³-hybridized carbons (Fsp3) is 0.118. The highest BCUT2D eigenvalue weighted by Gasteiger charge is 2.02. The van der Waals surface area contributed by atoms with Crippen molar-refractivity contribution in [1.82, 2.24) is 10.2 Å². The molecule has 3 rings (SSSR count). The number of nitrogens with zero attached hydrogens (tertiary/aromatic N) is 1. The van der Waals surface area contributed by atoms with E-state index in [9.17, 15) is 4.39 Å². The van der Waals surface area contributed by atoms with Gasteiger partial charge in [0.1, 0.15) is 5.82 Å². The molecule has 0 radical (unpaired) electrons. The molecule has 0 saturated carbocycles. The average Bonchev–Trinajstić information content (AvgIpc) is 3.03. The van der Waals surface area contributed by atoms with Gasteiger partial charge in [-0.25, -0.2) is 4.39 Å². The van der Waals surface area contributed by atoms with Crippen LogP contribution in [0.25, 0.3) is 11.3 Å². The molecule has 0 spiro atoms. The maximum atomic E-state index is 13.2. The van der Waals surface area contributed by atoms with Crippen LogP contribution in [0.1, 0.15) is 11.1 Å². The summed E-state index contributed by atoms with van der Waals surface area (Å²) < 4.78 is 13.2. The lowest BCUT2D eigenvalue weighted by Crippen LogP contribution is -2.00. The smallest absolute Gasteiger partial charge is 0.126 e. The molecular weight excluding hydrogens is 265 g/mol. The summed E-state index contributed by atoms with van der Waals surface area (Å²) in [7, 11) is 0. The van der Waals surface area contributed by atoms with Gasteiger partial charge in [-0.05, 0) is 42.3 Å². The van der Waals surface area contributed by atoms with Crippen molar-refractivity contribution in [2.45, 2.75) is 13.5 Å². The zero-order chi connectivity index (χ0) is 14.7. The van der Waals surface area contributed by atoms with Gasteiger partial charge in [0.2, 0.25) is 0 Å². The van der Waals surface area contributed by atoms with Crippen LogP contribution in [0.3, 0.4) is 0 Å². The van der Waals surface area contributed by atoms with Crippen LogP contribution in [-0.2, 0) is 6.54 Å². The molecule has 0 amide bonds. The number of H-pyrrole nitrogens is 1. The second-order valence-corrected chi connectivity index (χ2v) is 4.99. The van der Waals surface area contributed by atoms with Gasteiger partial charge in [0, 0.05) is 24.0 Å². The lowest BCUT2D eigenvalue weighted by Gasteiger charge is -2.09. The second kappa shape index (κ2) is 5.79. The molecule has 0 bridgehead atoms. The molecule has 0 unspecified atom stereocenters. The Bertz CT molecular complexity index is 736. The SMILES string of the molecule is Cc1cc(CNc2cccc(-c3ccn[nH]3)c2)ccc1F. The van der Waals surface area contributed by atoms with E-state index in [-0.39, 0.29) is 5.82 Å². The van der Waals surface area contributed by atoms with Crippen molar-refractivity contribution in [3.63, 3.8) is 0 Å². The fourth-order valence-electron chi connectivity index (χ4n) is 2.23. The van der Waals surface area contributed by atoms with Crippen LogP contribution in [0.4, 0.5) is 10.1 Å². The number of nitrogens with one attached hydrogen (secondary N) is 2. The van der Waals surface area contributed by atoms with Gasteiger partial charge >= 0.3 is 0 Å². The zero-order valence-corrected chi connectivity index (χ0v) is 11.7. The summed E-state index contributed by atoms with van der Waals surface area (Å²) in [5.74, 6) is -0.167. The Labute approximate surface area is 122 Å². The number of hydrogen-bond donors (Lipinski definition) is 2. The standard InChI is InChI=1S/C17H16FN3/c1-12-9-13(5-6-16(12)18)11-19-15-4-2-3-14(10-15)17-7-8-20-21-17/h2-10,19H,11H2,1H3,(H,20,21). The Morgan fingerprint density at radius 3 is 2.81 bits per heavy atom. The fourth-order valence-corrected chi connectivity index (χ4v) is 2.23. The summed E-state index contributed by atoms with van der Waals surface area (Å²) in [5, 5.41) is 10.3. The Morgan fingerprint density at radius 1 is 1.14 bits per heavy atom. The lowest BCUT2D eigenvalue weighted by atomic mass is 10.1. The van der Waals surface area contributed by atoms with Crippen LogP contribution < -0.4 is 5.32 Å². The molecule has 0 atom stereocenters. The minimum Gasteiger partial charge on any atom is -0.381 e. The van der Waals surface area contributed by atoms with Gasteiger partial charge in [0.05, 0.1) is 5.69 Å². The third-order valence-corrected chi connectivity index (χ3v) is 3.39. The summed E-state index contributed by atoms with van der Waals surface area (Å²) in [4.78, 5) is 0. The molecule has 0 fully saturated rings. The largest absolute Gasteiger partial charge is 0.381 e. The average molecular weight is 281 g/mol. The summed E-state index contributed by atoms with van der Waals surface area (Å²) in [5.41, 5.74) is 4.80. The van der Waals surface area contributed by atoms with Crippen molar-refractivity contribution in [2.75, 3.05) is 5.32 Å². The van der Waals surface area contributed by atoms with Crippen LogP contribution >= 0.6 is 0 Å². The van der Waals surface area contributed by atoms with Gasteiger partial charge < -0.3 is 5.32 Å². The maximum Gasteiger partial charge on any atom is 0.126 e. The van der Waals surface area contributed by atoms with E-state index in [1.807, 2.05) is 30.3 Å². The third kappa shape index (κ3) is 3.11. The molecule has 2 aromatic carbocycles. The molecule has 0 aliphatic heterocycles. The first-order valence-electron chi connectivity index (χ1n) is 6.81. The van der Waals surface area contributed by atoms with Gasteiger partial charge in [-0.2, -0.15) is 5.10 Å². The molecule has 4 heteroatoms. The molecule has 1 aromatic heterocycles. The molecule has 3 aromatic rings. The number of halogens is 1. The summed E-state index contributed by atoms with van der Waals surface area (Å²) in [6.45, 7) is 2.44. The topological polar surface area (TPSA) is 40.7 Å². The zero-order valence-electron chi connectivity index (χ0n) is 11.7. The van der Waals surface area contributed by atoms with Crippen LogP contribution in [-0.4, -0.2) is 10.2 Å². The van der Waals surface area contributed by atoms with E-state index in [0.29, 0.717) is 12.1 Å². The molecule has 0 aliphatic rings. The van der Waals surface area contributed by atoms with Gasteiger partial charge in [-0.3, -0.25) is 5.10 Å². The number of benzene rings is 2. The first-order valence-corrected chi connectivity index (χ1v) is 6.81. The van der Waals surface area contributed by atoms with Gasteiger partial charge in [0.15, 0.2) is 0 Å². The van der Waals surface area contributed by atoms with E-state index >= 15 is 0 Å². The van der Waals surface area contributed by atoms with Crippen molar-refractivity contribution >= 4 is 5.69 Å². The first kappa shape index (κ1) is 13.4. The molecular formula is C17H16FN3. The molecule has 0 saturated heterocycles. The van der Waals surface area contributed by atoms with E-state index in [1.165, 1.54) is 6.07 Å². The van der Waals surface area contributed by atoms with E-state index < -0.39 is 0 Å². The van der Waals surface area contributed by atoms with Crippen molar-refractivity contribution in [1.29, 1.82) is 0 Å². The highest BCUT2D eigenvalue weighted by Crippen LogP contribution is 2.21. The molecule has 0 aliphatic carbocycles.